The van der Waals surface area contributed by atoms with Crippen LogP contribution < -0.4 is 9.80 Å². The van der Waals surface area contributed by atoms with E-state index in [2.05, 4.69) is 9.97 Å². The van der Waals surface area contributed by atoms with Gasteiger partial charge in [0.15, 0.2) is 5.69 Å². The van der Waals surface area contributed by atoms with Gasteiger partial charge in [-0.1, -0.05) is 0 Å². The summed E-state index contributed by atoms with van der Waals surface area (Å²) in [7, 11) is 3.35. The van der Waals surface area contributed by atoms with Crippen molar-refractivity contribution in [3.63, 3.8) is 0 Å². The van der Waals surface area contributed by atoms with Crippen LogP contribution in [-0.2, 0) is 6.18 Å². The molecule has 4 nitrogen and oxygen atoms in total. The molecule has 0 aromatic carbocycles. The average molecular weight is 320 g/mol. The maximum Gasteiger partial charge on any atom is 0.433 e. The van der Waals surface area contributed by atoms with Crippen molar-refractivity contribution in [1.29, 1.82) is 0 Å². The highest BCUT2D eigenvalue weighted by Crippen LogP contribution is 2.32. The molecule has 0 N–H and O–H groups in total. The van der Waals surface area contributed by atoms with E-state index in [0.717, 1.165) is 24.7 Å². The number of rotatable bonds is 4. The molecule has 0 bridgehead atoms. The second-order valence-corrected chi connectivity index (χ2v) is 6.16. The molecule has 0 aliphatic carbocycles. The summed E-state index contributed by atoms with van der Waals surface area (Å²) in [5.41, 5.74) is -0.883. The molecule has 21 heavy (non-hydrogen) atoms. The minimum absolute atomic E-state index is 0.185. The molecular weight excluding hydrogens is 301 g/mol. The van der Waals surface area contributed by atoms with Crippen molar-refractivity contribution in [2.75, 3.05) is 42.4 Å². The lowest BCUT2D eigenvalue weighted by Gasteiger charge is -2.26. The van der Waals surface area contributed by atoms with Gasteiger partial charge in [-0.3, -0.25) is 0 Å². The number of thioether (sulfide) groups is 1. The van der Waals surface area contributed by atoms with Crippen LogP contribution in [0.15, 0.2) is 6.07 Å². The summed E-state index contributed by atoms with van der Waals surface area (Å²) in [4.78, 5) is 11.5. The van der Waals surface area contributed by atoms with E-state index in [9.17, 15) is 13.2 Å². The molecule has 1 aliphatic rings. The lowest BCUT2D eigenvalue weighted by molar-refractivity contribution is -0.141. The summed E-state index contributed by atoms with van der Waals surface area (Å²) < 4.78 is 39.0. The van der Waals surface area contributed by atoms with Crippen molar-refractivity contribution in [2.24, 2.45) is 0 Å². The fourth-order valence-electron chi connectivity index (χ4n) is 2.39. The molecule has 1 saturated heterocycles. The number of nitrogens with zero attached hydrogens (tertiary/aromatic N) is 4. The molecule has 0 amide bonds. The molecular formula is C13H19F3N4S. The Bertz CT molecular complexity index is 493. The Morgan fingerprint density at radius 1 is 1.38 bits per heavy atom. The lowest BCUT2D eigenvalue weighted by Crippen LogP contribution is -2.33. The Hall–Kier alpha value is -1.18. The maximum absolute atomic E-state index is 13.0. The quantitative estimate of drug-likeness (QED) is 0.852. The zero-order chi connectivity index (χ0) is 15.6. The van der Waals surface area contributed by atoms with Crippen molar-refractivity contribution in [3.05, 3.63) is 11.8 Å². The van der Waals surface area contributed by atoms with Gasteiger partial charge in [-0.15, -0.1) is 0 Å². The van der Waals surface area contributed by atoms with Gasteiger partial charge in [0.2, 0.25) is 5.95 Å². The summed E-state index contributed by atoms with van der Waals surface area (Å²) in [6, 6.07) is 1.20. The zero-order valence-corrected chi connectivity index (χ0v) is 13.1. The van der Waals surface area contributed by atoms with Crippen LogP contribution in [0, 0.1) is 0 Å². The molecule has 1 aromatic rings. The summed E-state index contributed by atoms with van der Waals surface area (Å²) in [5, 5.41) is 0. The van der Waals surface area contributed by atoms with E-state index in [1.807, 2.05) is 11.2 Å². The Kier molecular flexibility index (Phi) is 4.85. The number of halogens is 3. The largest absolute Gasteiger partial charge is 0.433 e. The maximum atomic E-state index is 13.0. The average Bonchev–Trinajstić information content (AvgIpc) is 2.86. The van der Waals surface area contributed by atoms with Crippen molar-refractivity contribution in [1.82, 2.24) is 9.97 Å². The van der Waals surface area contributed by atoms with Gasteiger partial charge in [-0.2, -0.15) is 29.9 Å². The van der Waals surface area contributed by atoms with Crippen molar-refractivity contribution < 1.29 is 13.2 Å². The topological polar surface area (TPSA) is 32.3 Å². The first-order valence-electron chi connectivity index (χ1n) is 6.72. The van der Waals surface area contributed by atoms with E-state index >= 15 is 0 Å². The molecule has 0 spiro atoms. The summed E-state index contributed by atoms with van der Waals surface area (Å²) in [6.07, 6.45) is -0.536. The van der Waals surface area contributed by atoms with Crippen LogP contribution in [-0.4, -0.2) is 48.7 Å². The van der Waals surface area contributed by atoms with Crippen LogP contribution in [0.2, 0.25) is 0 Å². The first-order chi connectivity index (χ1) is 9.82. The number of hydrogen-bond acceptors (Lipinski definition) is 5. The molecule has 118 valence electrons. The van der Waals surface area contributed by atoms with Gasteiger partial charge < -0.3 is 9.80 Å². The summed E-state index contributed by atoms with van der Waals surface area (Å²) >= 11 is 1.69. The Morgan fingerprint density at radius 3 is 2.67 bits per heavy atom. The first-order valence-corrected chi connectivity index (χ1v) is 8.11. The third kappa shape index (κ3) is 3.72. The Morgan fingerprint density at radius 2 is 2.10 bits per heavy atom. The Balaban J connectivity index is 2.40. The molecule has 1 fully saturated rings. The SMILES string of the molecule is CSCC1CCCN1c1nc(N(C)C)cc(C(F)(F)F)n1. The van der Waals surface area contributed by atoms with Crippen LogP contribution in [0.25, 0.3) is 0 Å². The lowest BCUT2D eigenvalue weighted by atomic mass is 10.2. The smallest absolute Gasteiger partial charge is 0.363 e. The zero-order valence-electron chi connectivity index (χ0n) is 12.3. The molecule has 0 radical (unpaired) electrons. The molecule has 8 heteroatoms. The predicted molar refractivity (Wildman–Crippen MR) is 80.1 cm³/mol. The number of anilines is 2. The highest BCUT2D eigenvalue weighted by Gasteiger charge is 2.35. The van der Waals surface area contributed by atoms with Crippen LogP contribution >= 0.6 is 11.8 Å². The predicted octanol–water partition coefficient (Wildman–Crippen LogP) is 2.89. The van der Waals surface area contributed by atoms with Gasteiger partial charge in [0, 0.05) is 38.5 Å². The minimum atomic E-state index is -4.46. The third-order valence-electron chi connectivity index (χ3n) is 3.44. The van der Waals surface area contributed by atoms with Gasteiger partial charge in [0.1, 0.15) is 5.82 Å². The van der Waals surface area contributed by atoms with Gasteiger partial charge in [-0.05, 0) is 19.1 Å². The van der Waals surface area contributed by atoms with Crippen LogP contribution in [0.1, 0.15) is 18.5 Å². The monoisotopic (exact) mass is 320 g/mol. The molecule has 1 unspecified atom stereocenters. The standard InChI is InChI=1S/C13H19F3N4S/c1-19(2)11-7-10(13(14,15)16)17-12(18-11)20-6-4-5-9(20)8-21-3/h7,9H,4-6,8H2,1-3H3. The van der Waals surface area contributed by atoms with Gasteiger partial charge in [-0.25, -0.2) is 4.98 Å². The first kappa shape index (κ1) is 16.2. The second-order valence-electron chi connectivity index (χ2n) is 5.25. The second kappa shape index (κ2) is 6.29. The highest BCUT2D eigenvalue weighted by atomic mass is 32.2. The van der Waals surface area contributed by atoms with Crippen molar-refractivity contribution >= 4 is 23.5 Å². The van der Waals surface area contributed by atoms with Gasteiger partial charge in [0.25, 0.3) is 0 Å². The molecule has 2 rings (SSSR count). The van der Waals surface area contributed by atoms with E-state index in [1.165, 1.54) is 0 Å². The number of alkyl halides is 3. The number of aromatic nitrogens is 2. The molecule has 0 saturated carbocycles. The van der Waals surface area contributed by atoms with E-state index in [1.54, 1.807) is 30.8 Å². The molecule has 1 aromatic heterocycles. The minimum Gasteiger partial charge on any atom is -0.363 e. The van der Waals surface area contributed by atoms with E-state index in [0.29, 0.717) is 6.54 Å². The van der Waals surface area contributed by atoms with E-state index in [4.69, 9.17) is 0 Å². The van der Waals surface area contributed by atoms with E-state index in [-0.39, 0.29) is 17.8 Å². The third-order valence-corrected chi connectivity index (χ3v) is 4.16. The Labute approximate surface area is 126 Å². The molecule has 2 heterocycles. The van der Waals surface area contributed by atoms with Crippen molar-refractivity contribution in [3.8, 4) is 0 Å². The number of hydrogen-bond donors (Lipinski definition) is 0. The highest BCUT2D eigenvalue weighted by molar-refractivity contribution is 7.98. The molecule has 1 aliphatic heterocycles. The van der Waals surface area contributed by atoms with Crippen molar-refractivity contribution in [2.45, 2.75) is 25.1 Å². The van der Waals surface area contributed by atoms with E-state index < -0.39 is 11.9 Å². The normalized spacial score (nSPS) is 19.1. The fourth-order valence-corrected chi connectivity index (χ4v) is 3.12. The van der Waals surface area contributed by atoms with Crippen LogP contribution in [0.4, 0.5) is 24.9 Å². The fraction of sp³-hybridized carbons (Fsp3) is 0.692. The summed E-state index contributed by atoms with van der Waals surface area (Å²) in [6.45, 7) is 0.708. The van der Waals surface area contributed by atoms with Gasteiger partial charge >= 0.3 is 6.18 Å². The summed E-state index contributed by atoms with van der Waals surface area (Å²) in [5.74, 6) is 1.34. The molecule has 1 atom stereocenters. The van der Waals surface area contributed by atoms with Crippen LogP contribution in [0.5, 0.6) is 0 Å². The van der Waals surface area contributed by atoms with Crippen LogP contribution in [0.3, 0.4) is 0 Å². The van der Waals surface area contributed by atoms with Gasteiger partial charge in [0.05, 0.1) is 0 Å².